The van der Waals surface area contributed by atoms with Gasteiger partial charge in [0, 0.05) is 12.2 Å². The number of amides is 2. The zero-order valence-corrected chi connectivity index (χ0v) is 22.3. The van der Waals surface area contributed by atoms with E-state index in [4.69, 9.17) is 11.6 Å². The van der Waals surface area contributed by atoms with Gasteiger partial charge in [0.15, 0.2) is 11.0 Å². The van der Waals surface area contributed by atoms with Crippen molar-refractivity contribution < 1.29 is 9.59 Å². The van der Waals surface area contributed by atoms with Crippen molar-refractivity contribution in [2.24, 2.45) is 5.92 Å². The number of benzene rings is 2. The molecule has 3 aromatic rings. The van der Waals surface area contributed by atoms with Gasteiger partial charge in [0.1, 0.15) is 0 Å². The average molecular weight is 514 g/mol. The first kappa shape index (κ1) is 26.8. The van der Waals surface area contributed by atoms with Crippen molar-refractivity contribution >= 4 is 40.9 Å². The lowest BCUT2D eigenvalue weighted by Crippen LogP contribution is -2.31. The number of aryl methyl sites for hydroxylation is 2. The van der Waals surface area contributed by atoms with Gasteiger partial charge in [-0.1, -0.05) is 67.0 Å². The molecule has 0 saturated heterocycles. The first-order valence-electron chi connectivity index (χ1n) is 11.7. The van der Waals surface area contributed by atoms with Crippen LogP contribution in [-0.2, 0) is 11.3 Å². The Bertz CT molecular complexity index is 1190. The highest BCUT2D eigenvalue weighted by Crippen LogP contribution is 2.26. The summed E-state index contributed by atoms with van der Waals surface area (Å²) in [6.07, 6.45) is 0.687. The topological polar surface area (TPSA) is 88.9 Å². The summed E-state index contributed by atoms with van der Waals surface area (Å²) in [6.45, 7) is 10.8. The Kier molecular flexibility index (Phi) is 9.34. The molecule has 9 heteroatoms. The van der Waals surface area contributed by atoms with Crippen LogP contribution >= 0.6 is 23.4 Å². The summed E-state index contributed by atoms with van der Waals surface area (Å²) in [5.74, 6) is 0.813. The molecule has 0 unspecified atom stereocenters. The van der Waals surface area contributed by atoms with E-state index in [0.717, 1.165) is 16.8 Å². The molecular formula is C26H32ClN5O2S. The minimum atomic E-state index is -0.343. The highest BCUT2D eigenvalue weighted by molar-refractivity contribution is 7.99. The van der Waals surface area contributed by atoms with Crippen molar-refractivity contribution in [2.75, 3.05) is 11.1 Å². The second-order valence-electron chi connectivity index (χ2n) is 8.88. The summed E-state index contributed by atoms with van der Waals surface area (Å²) in [4.78, 5) is 25.5. The van der Waals surface area contributed by atoms with Crippen LogP contribution in [0.2, 0.25) is 5.02 Å². The molecule has 0 aliphatic carbocycles. The van der Waals surface area contributed by atoms with E-state index in [2.05, 4.69) is 34.7 Å². The van der Waals surface area contributed by atoms with Gasteiger partial charge in [0.2, 0.25) is 5.91 Å². The van der Waals surface area contributed by atoms with E-state index in [0.29, 0.717) is 40.5 Å². The maximum Gasteiger partial charge on any atom is 0.253 e. The lowest BCUT2D eigenvalue weighted by molar-refractivity contribution is -0.113. The molecule has 2 N–H and O–H groups in total. The molecule has 0 aliphatic heterocycles. The Labute approximate surface area is 216 Å². The van der Waals surface area contributed by atoms with Gasteiger partial charge >= 0.3 is 0 Å². The molecule has 0 bridgehead atoms. The maximum atomic E-state index is 13.0. The Balaban J connectivity index is 1.74. The summed E-state index contributed by atoms with van der Waals surface area (Å²) in [5, 5.41) is 15.8. The molecular weight excluding hydrogens is 482 g/mol. The largest absolute Gasteiger partial charge is 0.342 e. The van der Waals surface area contributed by atoms with Crippen LogP contribution in [0.5, 0.6) is 0 Å². The normalized spacial score (nSPS) is 12.0. The van der Waals surface area contributed by atoms with Crippen molar-refractivity contribution in [3.8, 4) is 0 Å². The summed E-state index contributed by atoms with van der Waals surface area (Å²) < 4.78 is 1.95. The lowest BCUT2D eigenvalue weighted by Gasteiger charge is -2.21. The number of hydrogen-bond donors (Lipinski definition) is 2. The molecule has 2 amide bonds. The number of hydrogen-bond acceptors (Lipinski definition) is 5. The standard InChI is InChI=1S/C26H32ClN5O2S/c1-6-32-24(22(13-16(2)3)29-25(34)19-9-7-8-10-20(19)27)30-31-26(32)35-15-23(33)28-21-12-11-17(4)14-18(21)5/h7-12,14,16,22H,6,13,15H2,1-5H3,(H,28,33)(H,29,34)/t22-/m0/s1. The number of halogens is 1. The van der Waals surface area contributed by atoms with Crippen molar-refractivity contribution in [3.05, 3.63) is 70.0 Å². The molecule has 35 heavy (non-hydrogen) atoms. The molecule has 1 atom stereocenters. The molecule has 0 spiro atoms. The third-order valence-electron chi connectivity index (χ3n) is 5.49. The first-order valence-corrected chi connectivity index (χ1v) is 13.0. The minimum absolute atomic E-state index is 0.111. The van der Waals surface area contributed by atoms with Crippen LogP contribution in [0.4, 0.5) is 5.69 Å². The van der Waals surface area contributed by atoms with Gasteiger partial charge < -0.3 is 15.2 Å². The van der Waals surface area contributed by atoms with Crippen molar-refractivity contribution in [1.82, 2.24) is 20.1 Å². The SMILES string of the molecule is CCn1c(SCC(=O)Nc2ccc(C)cc2C)nnc1[C@H](CC(C)C)NC(=O)c1ccccc1Cl. The molecule has 2 aromatic carbocycles. The molecule has 0 saturated carbocycles. The molecule has 0 aliphatic rings. The molecule has 3 rings (SSSR count). The predicted molar refractivity (Wildman–Crippen MR) is 142 cm³/mol. The third kappa shape index (κ3) is 7.08. The fourth-order valence-corrected chi connectivity index (χ4v) is 4.84. The minimum Gasteiger partial charge on any atom is -0.342 e. The van der Waals surface area contributed by atoms with Gasteiger partial charge in [-0.15, -0.1) is 10.2 Å². The number of aromatic nitrogens is 3. The van der Waals surface area contributed by atoms with E-state index < -0.39 is 0 Å². The fourth-order valence-electron chi connectivity index (χ4n) is 3.81. The van der Waals surface area contributed by atoms with Gasteiger partial charge in [-0.2, -0.15) is 0 Å². The number of carbonyl (C=O) groups is 2. The number of rotatable bonds is 10. The third-order valence-corrected chi connectivity index (χ3v) is 6.79. The average Bonchev–Trinajstić information content (AvgIpc) is 3.22. The molecule has 0 fully saturated rings. The lowest BCUT2D eigenvalue weighted by atomic mass is 10.0. The van der Waals surface area contributed by atoms with E-state index in [1.54, 1.807) is 24.3 Å². The Morgan fingerprint density at radius 2 is 1.86 bits per heavy atom. The second-order valence-corrected chi connectivity index (χ2v) is 10.2. The second kappa shape index (κ2) is 12.2. The van der Waals surface area contributed by atoms with Crippen LogP contribution in [0, 0.1) is 19.8 Å². The summed E-state index contributed by atoms with van der Waals surface area (Å²) in [5.41, 5.74) is 3.39. The number of anilines is 1. The van der Waals surface area contributed by atoms with Gasteiger partial charge in [-0.25, -0.2) is 0 Å². The van der Waals surface area contributed by atoms with Crippen LogP contribution in [0.3, 0.4) is 0 Å². The van der Waals surface area contributed by atoms with Gasteiger partial charge in [-0.05, 0) is 56.9 Å². The van der Waals surface area contributed by atoms with Crippen LogP contribution < -0.4 is 10.6 Å². The highest BCUT2D eigenvalue weighted by atomic mass is 35.5. The van der Waals surface area contributed by atoms with Gasteiger partial charge in [0.05, 0.1) is 22.4 Å². The van der Waals surface area contributed by atoms with Crippen LogP contribution in [0.15, 0.2) is 47.6 Å². The Hall–Kier alpha value is -2.84. The smallest absolute Gasteiger partial charge is 0.253 e. The van der Waals surface area contributed by atoms with E-state index >= 15 is 0 Å². The number of nitrogens with one attached hydrogen (secondary N) is 2. The number of thioether (sulfide) groups is 1. The zero-order valence-electron chi connectivity index (χ0n) is 20.8. The number of carbonyl (C=O) groups excluding carboxylic acids is 2. The summed E-state index contributed by atoms with van der Waals surface area (Å²) in [7, 11) is 0. The van der Waals surface area contributed by atoms with Crippen LogP contribution in [0.25, 0.3) is 0 Å². The molecule has 1 aromatic heterocycles. The Morgan fingerprint density at radius 1 is 1.11 bits per heavy atom. The van der Waals surface area contributed by atoms with Crippen LogP contribution in [0.1, 0.15) is 60.5 Å². The van der Waals surface area contributed by atoms with Gasteiger partial charge in [-0.3, -0.25) is 9.59 Å². The highest BCUT2D eigenvalue weighted by Gasteiger charge is 2.25. The predicted octanol–water partition coefficient (Wildman–Crippen LogP) is 5.82. The van der Waals surface area contributed by atoms with E-state index in [9.17, 15) is 9.59 Å². The Morgan fingerprint density at radius 3 is 2.51 bits per heavy atom. The number of nitrogens with zero attached hydrogens (tertiary/aromatic N) is 3. The van der Waals surface area contributed by atoms with Crippen molar-refractivity contribution in [2.45, 2.75) is 58.8 Å². The molecule has 7 nitrogen and oxygen atoms in total. The summed E-state index contributed by atoms with van der Waals surface area (Å²) >= 11 is 7.55. The van der Waals surface area contributed by atoms with Crippen molar-refractivity contribution in [1.29, 1.82) is 0 Å². The van der Waals surface area contributed by atoms with Crippen LogP contribution in [-0.4, -0.2) is 32.3 Å². The maximum absolute atomic E-state index is 13.0. The van der Waals surface area contributed by atoms with Gasteiger partial charge in [0.25, 0.3) is 5.91 Å². The van der Waals surface area contributed by atoms with Crippen molar-refractivity contribution in [3.63, 3.8) is 0 Å². The van der Waals surface area contributed by atoms with E-state index in [-0.39, 0.29) is 23.6 Å². The fraction of sp³-hybridized carbons (Fsp3) is 0.385. The molecule has 1 heterocycles. The quantitative estimate of drug-likeness (QED) is 0.333. The zero-order chi connectivity index (χ0) is 25.5. The van der Waals surface area contributed by atoms with E-state index in [1.165, 1.54) is 11.8 Å². The molecule has 0 radical (unpaired) electrons. The molecule has 186 valence electrons. The monoisotopic (exact) mass is 513 g/mol. The van der Waals surface area contributed by atoms with E-state index in [1.807, 2.05) is 43.5 Å². The summed E-state index contributed by atoms with van der Waals surface area (Å²) in [6, 6.07) is 12.5. The first-order chi connectivity index (χ1) is 16.7.